The largest absolute Gasteiger partial charge is 0.459 e. The molecule has 160 valence electrons. The third kappa shape index (κ3) is 4.20. The van der Waals surface area contributed by atoms with E-state index in [4.69, 9.17) is 10.2 Å². The standard InChI is InChI=1S/C23H23FN4O3/c1-13-19(31-18-5-3-4-16(24)21(13)18)12-28(2)20(29)9-6-14-10-15-7-8-17(25)23(30)27-22(15)26-11-14/h3-6,9-11,17H,7-8,12,25H2,1-2H3,(H,26,27,30)/b9-6+. The quantitative estimate of drug-likeness (QED) is 0.629. The number of hydrogen-bond acceptors (Lipinski definition) is 5. The summed E-state index contributed by atoms with van der Waals surface area (Å²) in [5.74, 6) is 0.235. The van der Waals surface area contributed by atoms with Crippen molar-refractivity contribution < 1.29 is 18.4 Å². The topological polar surface area (TPSA) is 101 Å². The molecule has 1 atom stereocenters. The van der Waals surface area contributed by atoms with Crippen LogP contribution in [0.4, 0.5) is 10.2 Å². The number of likely N-dealkylation sites (N-methyl/N-ethyl adjacent to an activating group) is 1. The summed E-state index contributed by atoms with van der Waals surface area (Å²) in [6.07, 6.45) is 5.87. The average Bonchev–Trinajstić information content (AvgIpc) is 2.99. The lowest BCUT2D eigenvalue weighted by Crippen LogP contribution is -2.34. The molecule has 0 saturated heterocycles. The predicted molar refractivity (Wildman–Crippen MR) is 116 cm³/mol. The van der Waals surface area contributed by atoms with Gasteiger partial charge in [-0.15, -0.1) is 0 Å². The number of fused-ring (bicyclic) bond motifs is 2. The van der Waals surface area contributed by atoms with Crippen molar-refractivity contribution in [3.63, 3.8) is 0 Å². The molecule has 0 spiro atoms. The lowest BCUT2D eigenvalue weighted by atomic mass is 10.1. The smallest absolute Gasteiger partial charge is 0.246 e. The molecule has 3 aromatic rings. The molecule has 3 heterocycles. The molecular weight excluding hydrogens is 399 g/mol. The number of carbonyl (C=O) groups is 2. The summed E-state index contributed by atoms with van der Waals surface area (Å²) in [5, 5.41) is 3.16. The number of amides is 2. The van der Waals surface area contributed by atoms with Crippen molar-refractivity contribution >= 4 is 34.7 Å². The maximum atomic E-state index is 14.1. The lowest BCUT2D eigenvalue weighted by Gasteiger charge is -2.14. The van der Waals surface area contributed by atoms with Gasteiger partial charge in [0, 0.05) is 24.9 Å². The number of halogens is 1. The number of pyridine rings is 1. The molecule has 2 aromatic heterocycles. The summed E-state index contributed by atoms with van der Waals surface area (Å²) in [4.78, 5) is 30.2. The predicted octanol–water partition coefficient (Wildman–Crippen LogP) is 3.16. The summed E-state index contributed by atoms with van der Waals surface area (Å²) < 4.78 is 19.8. The Kier molecular flexibility index (Phi) is 5.56. The van der Waals surface area contributed by atoms with E-state index in [0.29, 0.717) is 41.0 Å². The minimum atomic E-state index is -0.557. The van der Waals surface area contributed by atoms with Crippen LogP contribution in [0, 0.1) is 12.7 Å². The second kappa shape index (κ2) is 8.31. The first-order chi connectivity index (χ1) is 14.8. The maximum Gasteiger partial charge on any atom is 0.246 e. The molecule has 4 rings (SSSR count). The molecule has 1 unspecified atom stereocenters. The molecule has 0 radical (unpaired) electrons. The van der Waals surface area contributed by atoms with Gasteiger partial charge in [-0.25, -0.2) is 9.37 Å². The summed E-state index contributed by atoms with van der Waals surface area (Å²) in [6, 6.07) is 6.02. The second-order valence-electron chi connectivity index (χ2n) is 7.70. The number of nitrogens with two attached hydrogens (primary N) is 1. The first-order valence-corrected chi connectivity index (χ1v) is 9.98. The molecule has 1 aliphatic heterocycles. The third-order valence-electron chi connectivity index (χ3n) is 5.47. The highest BCUT2D eigenvalue weighted by molar-refractivity contribution is 5.95. The van der Waals surface area contributed by atoms with Gasteiger partial charge in [-0.2, -0.15) is 0 Å². The van der Waals surface area contributed by atoms with Crippen LogP contribution in [0.3, 0.4) is 0 Å². The molecule has 0 saturated carbocycles. The Morgan fingerprint density at radius 3 is 3.03 bits per heavy atom. The Hall–Kier alpha value is -3.52. The van der Waals surface area contributed by atoms with Crippen molar-refractivity contribution in [3.05, 3.63) is 64.8 Å². The molecule has 7 nitrogen and oxygen atoms in total. The fraction of sp³-hybridized carbons (Fsp3) is 0.261. The molecular formula is C23H23FN4O3. The van der Waals surface area contributed by atoms with Gasteiger partial charge < -0.3 is 20.4 Å². The average molecular weight is 422 g/mol. The minimum absolute atomic E-state index is 0.218. The highest BCUT2D eigenvalue weighted by atomic mass is 19.1. The SMILES string of the molecule is Cc1c(CN(C)C(=O)/C=C/c2cnc3c(c2)CCC(N)C(=O)N3)oc2cccc(F)c12. The minimum Gasteiger partial charge on any atom is -0.459 e. The Balaban J connectivity index is 1.47. The number of furan rings is 1. The summed E-state index contributed by atoms with van der Waals surface area (Å²) in [5.41, 5.74) is 8.57. The van der Waals surface area contributed by atoms with Gasteiger partial charge >= 0.3 is 0 Å². The zero-order valence-electron chi connectivity index (χ0n) is 17.3. The van der Waals surface area contributed by atoms with Gasteiger partial charge in [0.25, 0.3) is 0 Å². The van der Waals surface area contributed by atoms with Gasteiger partial charge in [0.2, 0.25) is 11.8 Å². The maximum absolute atomic E-state index is 14.1. The first kappa shape index (κ1) is 20.7. The number of anilines is 1. The Labute approximate surface area is 178 Å². The number of aromatic nitrogens is 1. The number of aryl methyl sites for hydroxylation is 2. The van der Waals surface area contributed by atoms with Gasteiger partial charge in [-0.05, 0) is 55.2 Å². The normalized spacial score (nSPS) is 16.3. The van der Waals surface area contributed by atoms with Crippen molar-refractivity contribution in [2.24, 2.45) is 5.73 Å². The van der Waals surface area contributed by atoms with E-state index in [1.165, 1.54) is 17.0 Å². The van der Waals surface area contributed by atoms with E-state index in [1.807, 2.05) is 6.07 Å². The van der Waals surface area contributed by atoms with Crippen LogP contribution in [0.2, 0.25) is 0 Å². The lowest BCUT2D eigenvalue weighted by molar-refractivity contribution is -0.125. The van der Waals surface area contributed by atoms with Gasteiger partial charge in [0.1, 0.15) is 23.0 Å². The van der Waals surface area contributed by atoms with E-state index in [0.717, 1.165) is 11.1 Å². The van der Waals surface area contributed by atoms with E-state index < -0.39 is 6.04 Å². The van der Waals surface area contributed by atoms with Crippen LogP contribution < -0.4 is 11.1 Å². The fourth-order valence-corrected chi connectivity index (χ4v) is 3.62. The van der Waals surface area contributed by atoms with Crippen molar-refractivity contribution in [1.82, 2.24) is 9.88 Å². The molecule has 2 amide bonds. The number of rotatable bonds is 4. The molecule has 31 heavy (non-hydrogen) atoms. The number of nitrogens with one attached hydrogen (secondary N) is 1. The highest BCUT2D eigenvalue weighted by Gasteiger charge is 2.21. The van der Waals surface area contributed by atoms with Crippen LogP contribution in [0.15, 0.2) is 41.0 Å². The van der Waals surface area contributed by atoms with E-state index in [-0.39, 0.29) is 24.2 Å². The van der Waals surface area contributed by atoms with Gasteiger partial charge in [0.15, 0.2) is 0 Å². The van der Waals surface area contributed by atoms with Crippen LogP contribution in [-0.2, 0) is 22.6 Å². The van der Waals surface area contributed by atoms with E-state index in [9.17, 15) is 14.0 Å². The van der Waals surface area contributed by atoms with Crippen molar-refractivity contribution in [2.75, 3.05) is 12.4 Å². The van der Waals surface area contributed by atoms with Crippen LogP contribution in [-0.4, -0.2) is 34.8 Å². The fourth-order valence-electron chi connectivity index (χ4n) is 3.62. The van der Waals surface area contributed by atoms with E-state index in [2.05, 4.69) is 10.3 Å². The van der Waals surface area contributed by atoms with E-state index >= 15 is 0 Å². The molecule has 1 aromatic carbocycles. The molecule has 0 bridgehead atoms. The number of hydrogen-bond donors (Lipinski definition) is 2. The van der Waals surface area contributed by atoms with Crippen molar-refractivity contribution in [3.8, 4) is 0 Å². The molecule has 0 aliphatic carbocycles. The molecule has 8 heteroatoms. The number of benzene rings is 1. The van der Waals surface area contributed by atoms with Crippen LogP contribution in [0.25, 0.3) is 17.0 Å². The number of carbonyl (C=O) groups excluding carboxylic acids is 2. The van der Waals surface area contributed by atoms with Gasteiger partial charge in [-0.1, -0.05) is 6.07 Å². The van der Waals surface area contributed by atoms with Gasteiger partial charge in [0.05, 0.1) is 18.0 Å². The highest BCUT2D eigenvalue weighted by Crippen LogP contribution is 2.28. The molecule has 3 N–H and O–H groups in total. The zero-order valence-corrected chi connectivity index (χ0v) is 17.3. The Morgan fingerprint density at radius 2 is 2.26 bits per heavy atom. The Morgan fingerprint density at radius 1 is 1.45 bits per heavy atom. The van der Waals surface area contributed by atoms with Gasteiger partial charge in [-0.3, -0.25) is 9.59 Å². The second-order valence-corrected chi connectivity index (χ2v) is 7.70. The number of nitrogens with zero attached hydrogens (tertiary/aromatic N) is 2. The summed E-state index contributed by atoms with van der Waals surface area (Å²) in [7, 11) is 1.65. The Bertz CT molecular complexity index is 1200. The first-order valence-electron chi connectivity index (χ1n) is 9.98. The van der Waals surface area contributed by atoms with Crippen LogP contribution in [0.1, 0.15) is 28.9 Å². The summed E-state index contributed by atoms with van der Waals surface area (Å²) in [6.45, 7) is 2.00. The third-order valence-corrected chi connectivity index (χ3v) is 5.47. The summed E-state index contributed by atoms with van der Waals surface area (Å²) >= 11 is 0. The monoisotopic (exact) mass is 422 g/mol. The zero-order chi connectivity index (χ0) is 22.1. The van der Waals surface area contributed by atoms with Crippen molar-refractivity contribution in [1.29, 1.82) is 0 Å². The van der Waals surface area contributed by atoms with Crippen LogP contribution in [0.5, 0.6) is 0 Å². The molecule has 1 aliphatic rings. The van der Waals surface area contributed by atoms with Crippen molar-refractivity contribution in [2.45, 2.75) is 32.4 Å². The van der Waals surface area contributed by atoms with E-state index in [1.54, 1.807) is 38.4 Å². The molecule has 0 fully saturated rings. The van der Waals surface area contributed by atoms with Crippen LogP contribution >= 0.6 is 0 Å².